The summed E-state index contributed by atoms with van der Waals surface area (Å²) in [4.78, 5) is 0. The summed E-state index contributed by atoms with van der Waals surface area (Å²) >= 11 is 11.0. The molecule has 0 aliphatic heterocycles. The molecule has 0 bridgehead atoms. The molecular weight excluding hydrogens is 810 g/mol. The third kappa shape index (κ3) is 10.2. The summed E-state index contributed by atoms with van der Waals surface area (Å²) < 4.78 is 4.66. The first kappa shape index (κ1) is 43.2. The Morgan fingerprint density at radius 2 is 1.28 bits per heavy atom. The van der Waals surface area contributed by atoms with Gasteiger partial charge >= 0.3 is 123 Å². The molecule has 0 fully saturated rings. The van der Waals surface area contributed by atoms with Crippen LogP contribution in [0.1, 0.15) is 111 Å². The molecule has 0 N–H and O–H groups in total. The van der Waals surface area contributed by atoms with Crippen molar-refractivity contribution < 1.29 is 22.3 Å². The molecule has 0 spiro atoms. The van der Waals surface area contributed by atoms with E-state index in [0.717, 1.165) is 22.9 Å². The van der Waals surface area contributed by atoms with Crippen LogP contribution in [0.4, 0.5) is 0 Å². The third-order valence-corrected chi connectivity index (χ3v) is 13.2. The number of hydrogen-bond acceptors (Lipinski definition) is 0. The molecule has 0 radical (unpaired) electrons. The Morgan fingerprint density at radius 3 is 1.77 bits per heavy atom. The number of allylic oxidation sites excluding steroid dienone is 2. The van der Waals surface area contributed by atoms with Crippen LogP contribution in [0.3, 0.4) is 0 Å². The summed E-state index contributed by atoms with van der Waals surface area (Å²) in [6.45, 7) is 18.1. The van der Waals surface area contributed by atoms with Crippen LogP contribution in [0.2, 0.25) is 10.0 Å². The van der Waals surface area contributed by atoms with Gasteiger partial charge in [-0.3, -0.25) is 6.08 Å². The number of aryl methyl sites for hydroxylation is 1. The molecular formula is C48H50Cl4Zr-2. The standard InChI is InChI=1S/C23H21.C11H17.2C7H5Cl.2ClH.Zr/c1-22(2)7-5-14-10-18-16(12-20(14)22)9-17-13-21-15(11-19(17)18)6-8-23(21,3)4;1-5-9-6-7-10(8-9)11(2,3)4;2*1-6-2-4-7(8)5-3-6;;;/h5-7,10-13H,9H2,1-4H3;6-8H,5H2,1-4H3;2*1-5H;2*1H;/q2*-1;;;;;. The van der Waals surface area contributed by atoms with Crippen LogP contribution in [0, 0.1) is 6.08 Å². The Bertz CT molecular complexity index is 2050. The summed E-state index contributed by atoms with van der Waals surface area (Å²) in [5.74, 6) is 0. The number of hydrogen-bond donors (Lipinski definition) is 0. The first-order valence-electron chi connectivity index (χ1n) is 18.0. The van der Waals surface area contributed by atoms with Crippen molar-refractivity contribution in [3.05, 3.63) is 169 Å². The van der Waals surface area contributed by atoms with E-state index < -0.39 is 22.3 Å². The predicted octanol–water partition coefficient (Wildman–Crippen LogP) is 13.9. The molecule has 3 aliphatic carbocycles. The molecule has 0 aromatic heterocycles. The van der Waals surface area contributed by atoms with E-state index in [-0.39, 0.29) is 35.6 Å². The Labute approximate surface area is 351 Å². The number of rotatable bonds is 3. The van der Waals surface area contributed by atoms with Crippen molar-refractivity contribution in [3.8, 4) is 11.1 Å². The van der Waals surface area contributed by atoms with E-state index in [1.54, 1.807) is 0 Å². The van der Waals surface area contributed by atoms with E-state index in [4.69, 9.17) is 23.2 Å². The van der Waals surface area contributed by atoms with Crippen LogP contribution >= 0.6 is 48.0 Å². The van der Waals surface area contributed by atoms with Crippen LogP contribution in [0.5, 0.6) is 0 Å². The van der Waals surface area contributed by atoms with E-state index in [2.05, 4.69) is 154 Å². The van der Waals surface area contributed by atoms with Gasteiger partial charge in [0.05, 0.1) is 0 Å². The summed E-state index contributed by atoms with van der Waals surface area (Å²) in [7, 11) is 0. The van der Waals surface area contributed by atoms with Crippen LogP contribution in [0.25, 0.3) is 23.3 Å². The quantitative estimate of drug-likeness (QED) is 0.156. The molecule has 276 valence electrons. The van der Waals surface area contributed by atoms with E-state index in [0.29, 0.717) is 5.41 Å². The second-order valence-corrected chi connectivity index (χ2v) is 19.1. The molecule has 0 atom stereocenters. The van der Waals surface area contributed by atoms with Gasteiger partial charge in [0.2, 0.25) is 0 Å². The van der Waals surface area contributed by atoms with Crippen molar-refractivity contribution in [2.45, 2.75) is 84.5 Å². The Hall–Kier alpha value is -2.51. The first-order chi connectivity index (χ1) is 24.1. The normalized spacial score (nSPS) is 14.4. The minimum atomic E-state index is -0.623. The SMILES string of the molecule is CC1(C)[C-]=Cc2cc3c(cc21)Cc1cc2c(cc1-3)C=CC2(C)C.CCc1cc(C(C)(C)C)c[cH-]1.Cl.Cl.Clc1ccc([CH]=[Zr]=[CH]c2ccc(Cl)cc2)cc1. The van der Waals surface area contributed by atoms with E-state index in [1.807, 2.05) is 24.3 Å². The van der Waals surface area contributed by atoms with Crippen LogP contribution < -0.4 is 0 Å². The summed E-state index contributed by atoms with van der Waals surface area (Å²) in [6.07, 6.45) is 12.5. The second-order valence-electron chi connectivity index (χ2n) is 16.0. The summed E-state index contributed by atoms with van der Waals surface area (Å²) in [6, 6.07) is 32.3. The zero-order valence-corrected chi connectivity index (χ0v) is 37.6. The molecule has 3 aliphatic rings. The van der Waals surface area contributed by atoms with Gasteiger partial charge in [0, 0.05) is 5.41 Å². The van der Waals surface area contributed by atoms with Crippen LogP contribution in [0.15, 0.2) is 97.1 Å². The number of fused-ring (bicyclic) bond motifs is 5. The molecule has 53 heavy (non-hydrogen) atoms. The molecule has 5 aromatic carbocycles. The Kier molecular flexibility index (Phi) is 14.3. The molecule has 0 unspecified atom stereocenters. The van der Waals surface area contributed by atoms with E-state index >= 15 is 0 Å². The van der Waals surface area contributed by atoms with E-state index in [1.165, 1.54) is 66.8 Å². The molecule has 8 rings (SSSR count). The van der Waals surface area contributed by atoms with Gasteiger partial charge < -0.3 is 0 Å². The monoisotopic (exact) mass is 856 g/mol. The average Bonchev–Trinajstić information content (AvgIpc) is 3.86. The second kappa shape index (κ2) is 17.5. The summed E-state index contributed by atoms with van der Waals surface area (Å²) in [5, 5.41) is 1.57. The van der Waals surface area contributed by atoms with Crippen LogP contribution in [-0.2, 0) is 51.4 Å². The molecule has 0 amide bonds. The van der Waals surface area contributed by atoms with Gasteiger partial charge in [-0.25, -0.2) is 12.1 Å². The maximum atomic E-state index is 5.84. The van der Waals surface area contributed by atoms with Crippen molar-refractivity contribution in [1.82, 2.24) is 0 Å². The fraction of sp³-hybridized carbons (Fsp3) is 0.271. The van der Waals surface area contributed by atoms with Crippen molar-refractivity contribution in [3.63, 3.8) is 0 Å². The third-order valence-electron chi connectivity index (χ3n) is 10.2. The van der Waals surface area contributed by atoms with Gasteiger partial charge in [-0.1, -0.05) is 96.9 Å². The fourth-order valence-corrected chi connectivity index (χ4v) is 9.28. The minimum absolute atomic E-state index is 0. The molecule has 5 heteroatoms. The van der Waals surface area contributed by atoms with Crippen molar-refractivity contribution in [2.24, 2.45) is 0 Å². The number of benzene rings is 4. The van der Waals surface area contributed by atoms with Crippen LogP contribution in [-0.4, -0.2) is 7.42 Å². The van der Waals surface area contributed by atoms with E-state index in [9.17, 15) is 0 Å². The van der Waals surface area contributed by atoms with Crippen molar-refractivity contribution in [1.29, 1.82) is 0 Å². The van der Waals surface area contributed by atoms with Gasteiger partial charge in [0.25, 0.3) is 0 Å². The predicted molar refractivity (Wildman–Crippen MR) is 235 cm³/mol. The van der Waals surface area contributed by atoms with Crippen molar-refractivity contribution >= 4 is 67.6 Å². The maximum absolute atomic E-state index is 5.84. The fourth-order valence-electron chi connectivity index (χ4n) is 6.93. The zero-order chi connectivity index (χ0) is 36.6. The number of halogens is 4. The van der Waals surface area contributed by atoms with Gasteiger partial charge in [0.15, 0.2) is 0 Å². The van der Waals surface area contributed by atoms with Gasteiger partial charge in [-0.05, 0) is 45.9 Å². The molecule has 0 saturated heterocycles. The average molecular weight is 860 g/mol. The molecule has 0 saturated carbocycles. The Balaban J connectivity index is 0.000000186. The summed E-state index contributed by atoms with van der Waals surface area (Å²) in [5.41, 5.74) is 17.4. The Morgan fingerprint density at radius 1 is 0.755 bits per heavy atom. The van der Waals surface area contributed by atoms with Crippen molar-refractivity contribution in [2.75, 3.05) is 0 Å². The van der Waals surface area contributed by atoms with Gasteiger partial charge in [-0.15, -0.1) is 36.4 Å². The van der Waals surface area contributed by atoms with Gasteiger partial charge in [0.1, 0.15) is 0 Å². The first-order valence-corrected chi connectivity index (χ1v) is 21.6. The topological polar surface area (TPSA) is 0 Å². The molecule has 0 heterocycles. The zero-order valence-electron chi connectivity index (χ0n) is 32.0. The molecule has 5 aromatic rings. The van der Waals surface area contributed by atoms with Gasteiger partial charge in [-0.2, -0.15) is 28.8 Å². The molecule has 0 nitrogen and oxygen atoms in total.